The van der Waals surface area contributed by atoms with Crippen LogP contribution in [0.5, 0.6) is 0 Å². The van der Waals surface area contributed by atoms with Gasteiger partial charge >= 0.3 is 0 Å². The van der Waals surface area contributed by atoms with Gasteiger partial charge in [-0.2, -0.15) is 0 Å². The van der Waals surface area contributed by atoms with Gasteiger partial charge in [0.2, 0.25) is 0 Å². The van der Waals surface area contributed by atoms with E-state index in [0.29, 0.717) is 6.54 Å². The standard InChI is InChI=1S/C34H26N2O/c1-35-23-24-22-27(20-21-28(24)33(35)37)36-31-18-10-8-16-29(31)34(25-12-4-2-5-13-25,26-14-6-3-7-15-26)30-17-9-11-19-32(30)36/h2-22H,23H2,1H3. The number of anilines is 3. The fourth-order valence-corrected chi connectivity index (χ4v) is 6.28. The summed E-state index contributed by atoms with van der Waals surface area (Å²) in [5.41, 5.74) is 9.70. The van der Waals surface area contributed by atoms with E-state index in [-0.39, 0.29) is 5.91 Å². The van der Waals surface area contributed by atoms with E-state index >= 15 is 0 Å². The molecule has 0 spiro atoms. The van der Waals surface area contributed by atoms with Gasteiger partial charge in [-0.3, -0.25) is 4.79 Å². The maximum Gasteiger partial charge on any atom is 0.254 e. The lowest BCUT2D eigenvalue weighted by Crippen LogP contribution is -2.37. The van der Waals surface area contributed by atoms with E-state index in [9.17, 15) is 4.79 Å². The van der Waals surface area contributed by atoms with Gasteiger partial charge in [0.25, 0.3) is 5.91 Å². The summed E-state index contributed by atoms with van der Waals surface area (Å²) in [5.74, 6) is 0.0909. The fourth-order valence-electron chi connectivity index (χ4n) is 6.28. The maximum absolute atomic E-state index is 12.6. The van der Waals surface area contributed by atoms with Gasteiger partial charge in [0.15, 0.2) is 0 Å². The first-order chi connectivity index (χ1) is 18.2. The van der Waals surface area contributed by atoms with Gasteiger partial charge in [-0.25, -0.2) is 0 Å². The van der Waals surface area contributed by atoms with Crippen LogP contribution in [-0.4, -0.2) is 17.9 Å². The molecule has 178 valence electrons. The molecular weight excluding hydrogens is 452 g/mol. The quantitative estimate of drug-likeness (QED) is 0.264. The van der Waals surface area contributed by atoms with Gasteiger partial charge in [-0.15, -0.1) is 0 Å². The summed E-state index contributed by atoms with van der Waals surface area (Å²) in [6.07, 6.45) is 0. The molecule has 0 N–H and O–H groups in total. The first-order valence-corrected chi connectivity index (χ1v) is 12.7. The minimum atomic E-state index is -0.473. The first kappa shape index (κ1) is 21.6. The highest BCUT2D eigenvalue weighted by Gasteiger charge is 2.46. The monoisotopic (exact) mass is 478 g/mol. The Labute approximate surface area is 217 Å². The molecule has 7 rings (SSSR count). The Balaban J connectivity index is 1.56. The van der Waals surface area contributed by atoms with Gasteiger partial charge < -0.3 is 9.80 Å². The lowest BCUT2D eigenvalue weighted by Gasteiger charge is -2.46. The molecule has 0 radical (unpaired) electrons. The lowest BCUT2D eigenvalue weighted by molar-refractivity contribution is 0.0816. The number of nitrogens with zero attached hydrogens (tertiary/aromatic N) is 2. The van der Waals surface area contributed by atoms with Crippen molar-refractivity contribution in [2.24, 2.45) is 0 Å². The zero-order valence-electron chi connectivity index (χ0n) is 20.6. The van der Waals surface area contributed by atoms with Crippen LogP contribution in [0.4, 0.5) is 17.1 Å². The molecular formula is C34H26N2O. The molecule has 3 nitrogen and oxygen atoms in total. The number of carbonyl (C=O) groups excluding carboxylic acids is 1. The summed E-state index contributed by atoms with van der Waals surface area (Å²) in [5, 5.41) is 0. The number of hydrogen-bond acceptors (Lipinski definition) is 2. The summed E-state index contributed by atoms with van der Waals surface area (Å²) in [7, 11) is 1.86. The summed E-state index contributed by atoms with van der Waals surface area (Å²) < 4.78 is 0. The van der Waals surface area contributed by atoms with Gasteiger partial charge in [0.05, 0.1) is 16.8 Å². The number of rotatable bonds is 3. The molecule has 1 amide bonds. The predicted molar refractivity (Wildman–Crippen MR) is 149 cm³/mol. The normalized spacial score (nSPS) is 15.2. The number of hydrogen-bond donors (Lipinski definition) is 0. The molecule has 0 aromatic heterocycles. The third-order valence-corrected chi connectivity index (χ3v) is 7.84. The van der Waals surface area contributed by atoms with Crippen LogP contribution >= 0.6 is 0 Å². The minimum Gasteiger partial charge on any atom is -0.337 e. The van der Waals surface area contributed by atoms with E-state index in [2.05, 4.69) is 126 Å². The Hall–Kier alpha value is -4.63. The average Bonchev–Trinajstić information content (AvgIpc) is 3.24. The molecule has 5 aromatic carbocycles. The van der Waals surface area contributed by atoms with E-state index in [0.717, 1.165) is 28.2 Å². The molecule has 0 saturated carbocycles. The van der Waals surface area contributed by atoms with Gasteiger partial charge in [0, 0.05) is 24.8 Å². The molecule has 2 heterocycles. The third-order valence-electron chi connectivity index (χ3n) is 7.84. The molecule has 0 atom stereocenters. The molecule has 5 aromatic rings. The Kier molecular flexibility index (Phi) is 4.80. The van der Waals surface area contributed by atoms with Crippen LogP contribution in [0.15, 0.2) is 127 Å². The topological polar surface area (TPSA) is 23.6 Å². The Bertz CT molecular complexity index is 1550. The minimum absolute atomic E-state index is 0.0909. The van der Waals surface area contributed by atoms with Crippen LogP contribution in [0.2, 0.25) is 0 Å². The highest BCUT2D eigenvalue weighted by atomic mass is 16.2. The highest BCUT2D eigenvalue weighted by Crippen LogP contribution is 2.57. The van der Waals surface area contributed by atoms with E-state index in [1.165, 1.54) is 22.3 Å². The molecule has 3 heteroatoms. The highest BCUT2D eigenvalue weighted by molar-refractivity contribution is 5.99. The lowest BCUT2D eigenvalue weighted by atomic mass is 9.62. The Morgan fingerprint density at radius 3 is 1.70 bits per heavy atom. The maximum atomic E-state index is 12.6. The van der Waals surface area contributed by atoms with Crippen molar-refractivity contribution in [3.05, 3.63) is 161 Å². The Morgan fingerprint density at radius 1 is 0.622 bits per heavy atom. The largest absolute Gasteiger partial charge is 0.337 e. The molecule has 0 bridgehead atoms. The van der Waals surface area contributed by atoms with Crippen molar-refractivity contribution in [2.45, 2.75) is 12.0 Å². The van der Waals surface area contributed by atoms with Crippen LogP contribution < -0.4 is 4.90 Å². The number of fused-ring (bicyclic) bond motifs is 3. The average molecular weight is 479 g/mol. The molecule has 0 aliphatic carbocycles. The molecule has 0 unspecified atom stereocenters. The SMILES string of the molecule is CN1Cc2cc(N3c4ccccc4C(c4ccccc4)(c4ccccc4)c4ccccc43)ccc2C1=O. The number of carbonyl (C=O) groups is 1. The van der Waals surface area contributed by atoms with Crippen molar-refractivity contribution in [1.82, 2.24) is 4.90 Å². The Morgan fingerprint density at radius 2 is 1.14 bits per heavy atom. The molecule has 37 heavy (non-hydrogen) atoms. The van der Waals surface area contributed by atoms with Crippen LogP contribution in [0, 0.1) is 0 Å². The molecule has 0 fully saturated rings. The third kappa shape index (κ3) is 3.04. The van der Waals surface area contributed by atoms with E-state index in [1.54, 1.807) is 4.90 Å². The molecule has 2 aliphatic rings. The van der Waals surface area contributed by atoms with Crippen LogP contribution in [0.25, 0.3) is 0 Å². The first-order valence-electron chi connectivity index (χ1n) is 12.7. The van der Waals surface area contributed by atoms with E-state index in [4.69, 9.17) is 0 Å². The summed E-state index contributed by atoms with van der Waals surface area (Å²) in [4.78, 5) is 16.7. The smallest absolute Gasteiger partial charge is 0.254 e. The van der Waals surface area contributed by atoms with Crippen molar-refractivity contribution >= 4 is 23.0 Å². The van der Waals surface area contributed by atoms with Crippen molar-refractivity contribution in [2.75, 3.05) is 11.9 Å². The van der Waals surface area contributed by atoms with Crippen molar-refractivity contribution in [3.63, 3.8) is 0 Å². The van der Waals surface area contributed by atoms with Crippen LogP contribution in [0.3, 0.4) is 0 Å². The predicted octanol–water partition coefficient (Wildman–Crippen LogP) is 7.44. The molecule has 2 aliphatic heterocycles. The van der Waals surface area contributed by atoms with Crippen molar-refractivity contribution < 1.29 is 4.79 Å². The van der Waals surface area contributed by atoms with E-state index in [1.807, 2.05) is 13.1 Å². The zero-order chi connectivity index (χ0) is 25.0. The number of para-hydroxylation sites is 2. The zero-order valence-corrected chi connectivity index (χ0v) is 20.6. The second-order valence-corrected chi connectivity index (χ2v) is 9.85. The fraction of sp³-hybridized carbons (Fsp3) is 0.0882. The van der Waals surface area contributed by atoms with Crippen molar-refractivity contribution in [1.29, 1.82) is 0 Å². The number of benzene rings is 5. The number of amides is 1. The van der Waals surface area contributed by atoms with Crippen LogP contribution in [0.1, 0.15) is 38.2 Å². The summed E-state index contributed by atoms with van der Waals surface area (Å²) in [6.45, 7) is 0.636. The summed E-state index contributed by atoms with van der Waals surface area (Å²) in [6, 6.07) is 45.4. The summed E-state index contributed by atoms with van der Waals surface area (Å²) >= 11 is 0. The van der Waals surface area contributed by atoms with Gasteiger partial charge in [0.1, 0.15) is 0 Å². The van der Waals surface area contributed by atoms with Gasteiger partial charge in [-0.05, 0) is 58.1 Å². The van der Waals surface area contributed by atoms with Gasteiger partial charge in [-0.1, -0.05) is 97.1 Å². The van der Waals surface area contributed by atoms with Crippen LogP contribution in [-0.2, 0) is 12.0 Å². The van der Waals surface area contributed by atoms with E-state index < -0.39 is 5.41 Å². The molecule has 0 saturated heterocycles. The second kappa shape index (κ2) is 8.21. The second-order valence-electron chi connectivity index (χ2n) is 9.85. The van der Waals surface area contributed by atoms with Crippen molar-refractivity contribution in [3.8, 4) is 0 Å².